The maximum Gasteiger partial charge on any atom is 0.320 e. The lowest BCUT2D eigenvalue weighted by Crippen LogP contribution is -2.36. The summed E-state index contributed by atoms with van der Waals surface area (Å²) in [4.78, 5) is 10.4. The van der Waals surface area contributed by atoms with E-state index in [1.165, 1.54) is 0 Å². The molecule has 0 radical (unpaired) electrons. The fraction of sp³-hybridized carbons (Fsp3) is 0.889. The van der Waals surface area contributed by atoms with Gasteiger partial charge in [0, 0.05) is 13.1 Å². The van der Waals surface area contributed by atoms with Gasteiger partial charge in [-0.2, -0.15) is 0 Å². The number of aliphatic hydroxyl groups is 3. The highest BCUT2D eigenvalue weighted by atomic mass is 16.4. The third-order valence-corrected chi connectivity index (χ3v) is 2.10. The van der Waals surface area contributed by atoms with Crippen molar-refractivity contribution >= 4 is 5.97 Å². The van der Waals surface area contributed by atoms with Gasteiger partial charge in [0.25, 0.3) is 0 Å². The number of aliphatic carboxylic acids is 1. The predicted molar refractivity (Wildman–Crippen MR) is 56.8 cm³/mol. The lowest BCUT2D eigenvalue weighted by molar-refractivity contribution is -0.138. The van der Waals surface area contributed by atoms with E-state index in [9.17, 15) is 9.90 Å². The van der Waals surface area contributed by atoms with Gasteiger partial charge in [-0.15, -0.1) is 0 Å². The van der Waals surface area contributed by atoms with Gasteiger partial charge in [0.2, 0.25) is 0 Å². The average molecular weight is 236 g/mol. The number of aliphatic hydroxyl groups excluding tert-OH is 3. The Morgan fingerprint density at radius 1 is 1.19 bits per heavy atom. The first kappa shape index (κ1) is 15.3. The Balaban J connectivity index is 3.51. The standard InChI is InChI=1S/C9H20N2O5/c10-8(9(15)16)2-1-6(13)3-11-4-7(14)5-12/h6-8,11-14H,1-5,10H2,(H,15,16)/t6-,7?,8+/m1/s1. The highest BCUT2D eigenvalue weighted by Crippen LogP contribution is 1.99. The summed E-state index contributed by atoms with van der Waals surface area (Å²) in [7, 11) is 0. The Labute approximate surface area is 93.9 Å². The van der Waals surface area contributed by atoms with Crippen LogP contribution in [-0.2, 0) is 4.79 Å². The fourth-order valence-corrected chi connectivity index (χ4v) is 1.08. The molecule has 0 aromatic carbocycles. The van der Waals surface area contributed by atoms with E-state index in [2.05, 4.69) is 5.32 Å². The SMILES string of the molecule is N[C@@H](CC[C@@H](O)CNCC(O)CO)C(=O)O. The smallest absolute Gasteiger partial charge is 0.320 e. The van der Waals surface area contributed by atoms with Crippen LogP contribution in [0, 0.1) is 0 Å². The second kappa shape index (κ2) is 8.43. The third kappa shape index (κ3) is 7.55. The van der Waals surface area contributed by atoms with Gasteiger partial charge in [-0.3, -0.25) is 4.79 Å². The Morgan fingerprint density at radius 2 is 1.75 bits per heavy atom. The van der Waals surface area contributed by atoms with Crippen LogP contribution in [-0.4, -0.2) is 64.3 Å². The summed E-state index contributed by atoms with van der Waals surface area (Å²) >= 11 is 0. The number of hydrogen-bond acceptors (Lipinski definition) is 6. The van der Waals surface area contributed by atoms with Crippen molar-refractivity contribution in [2.45, 2.75) is 31.1 Å². The van der Waals surface area contributed by atoms with Crippen molar-refractivity contribution in [2.24, 2.45) is 5.73 Å². The molecule has 0 saturated heterocycles. The first-order chi connectivity index (χ1) is 7.47. The molecule has 7 N–H and O–H groups in total. The van der Waals surface area contributed by atoms with Crippen molar-refractivity contribution in [3.05, 3.63) is 0 Å². The summed E-state index contributed by atoms with van der Waals surface area (Å²) in [5, 5.41) is 38.1. The number of rotatable bonds is 9. The van der Waals surface area contributed by atoms with Crippen LogP contribution < -0.4 is 11.1 Å². The zero-order valence-electron chi connectivity index (χ0n) is 9.04. The fourth-order valence-electron chi connectivity index (χ4n) is 1.08. The molecule has 0 amide bonds. The molecule has 0 aromatic rings. The minimum atomic E-state index is -1.09. The molecule has 0 spiro atoms. The summed E-state index contributed by atoms with van der Waals surface area (Å²) < 4.78 is 0. The van der Waals surface area contributed by atoms with Crippen molar-refractivity contribution in [1.29, 1.82) is 0 Å². The van der Waals surface area contributed by atoms with Crippen LogP contribution in [0.4, 0.5) is 0 Å². The van der Waals surface area contributed by atoms with Crippen LogP contribution in [0.5, 0.6) is 0 Å². The quantitative estimate of drug-likeness (QED) is 0.260. The van der Waals surface area contributed by atoms with Crippen LogP contribution in [0.2, 0.25) is 0 Å². The van der Waals surface area contributed by atoms with E-state index in [0.717, 1.165) is 0 Å². The molecule has 0 heterocycles. The third-order valence-electron chi connectivity index (χ3n) is 2.10. The van der Waals surface area contributed by atoms with Gasteiger partial charge in [0.15, 0.2) is 0 Å². The Morgan fingerprint density at radius 3 is 2.25 bits per heavy atom. The second-order valence-electron chi connectivity index (χ2n) is 3.67. The monoisotopic (exact) mass is 236 g/mol. The first-order valence-corrected chi connectivity index (χ1v) is 5.13. The van der Waals surface area contributed by atoms with Gasteiger partial charge < -0.3 is 31.5 Å². The molecule has 16 heavy (non-hydrogen) atoms. The van der Waals surface area contributed by atoms with E-state index >= 15 is 0 Å². The molecule has 0 aliphatic carbocycles. The van der Waals surface area contributed by atoms with Crippen LogP contribution in [0.25, 0.3) is 0 Å². The van der Waals surface area contributed by atoms with Crippen molar-refractivity contribution in [2.75, 3.05) is 19.7 Å². The summed E-state index contributed by atoms with van der Waals surface area (Å²) in [6, 6.07) is -0.960. The van der Waals surface area contributed by atoms with Crippen molar-refractivity contribution in [1.82, 2.24) is 5.32 Å². The molecule has 1 unspecified atom stereocenters. The zero-order chi connectivity index (χ0) is 12.6. The van der Waals surface area contributed by atoms with E-state index in [-0.39, 0.29) is 32.5 Å². The van der Waals surface area contributed by atoms with E-state index in [1.807, 2.05) is 0 Å². The Hall–Kier alpha value is -0.730. The molecular weight excluding hydrogens is 216 g/mol. The maximum absolute atomic E-state index is 10.4. The largest absolute Gasteiger partial charge is 0.480 e. The van der Waals surface area contributed by atoms with Crippen LogP contribution >= 0.6 is 0 Å². The predicted octanol–water partition coefficient (Wildman–Crippen LogP) is -2.52. The summed E-state index contributed by atoms with van der Waals surface area (Å²) in [5.74, 6) is -1.09. The van der Waals surface area contributed by atoms with Gasteiger partial charge in [0.05, 0.1) is 18.8 Å². The Kier molecular flexibility index (Phi) is 8.04. The summed E-state index contributed by atoms with van der Waals surface area (Å²) in [6.07, 6.45) is -1.10. The molecule has 7 heteroatoms. The van der Waals surface area contributed by atoms with Gasteiger partial charge in [-0.25, -0.2) is 0 Å². The van der Waals surface area contributed by atoms with E-state index < -0.39 is 24.2 Å². The number of nitrogens with two attached hydrogens (primary N) is 1. The molecule has 0 bridgehead atoms. The summed E-state index contributed by atoms with van der Waals surface area (Å²) in [5.41, 5.74) is 5.26. The van der Waals surface area contributed by atoms with Crippen LogP contribution in [0.15, 0.2) is 0 Å². The van der Waals surface area contributed by atoms with Crippen LogP contribution in [0.1, 0.15) is 12.8 Å². The Bertz CT molecular complexity index is 202. The normalized spacial score (nSPS) is 16.8. The van der Waals surface area contributed by atoms with Crippen molar-refractivity contribution < 1.29 is 25.2 Å². The number of hydrogen-bond donors (Lipinski definition) is 6. The highest BCUT2D eigenvalue weighted by Gasteiger charge is 2.14. The molecule has 0 aliphatic heterocycles. The van der Waals surface area contributed by atoms with E-state index in [4.69, 9.17) is 21.1 Å². The molecule has 96 valence electrons. The van der Waals surface area contributed by atoms with Gasteiger partial charge >= 0.3 is 5.97 Å². The van der Waals surface area contributed by atoms with Crippen LogP contribution in [0.3, 0.4) is 0 Å². The molecule has 3 atom stereocenters. The maximum atomic E-state index is 10.4. The lowest BCUT2D eigenvalue weighted by atomic mass is 10.1. The molecule has 0 saturated carbocycles. The number of nitrogens with one attached hydrogen (secondary N) is 1. The zero-order valence-corrected chi connectivity index (χ0v) is 9.04. The first-order valence-electron chi connectivity index (χ1n) is 5.13. The minimum absolute atomic E-state index is 0.179. The van der Waals surface area contributed by atoms with Gasteiger partial charge in [-0.1, -0.05) is 0 Å². The summed E-state index contributed by atoms with van der Waals surface area (Å²) in [6.45, 7) is 0.0644. The lowest BCUT2D eigenvalue weighted by Gasteiger charge is -2.14. The van der Waals surface area contributed by atoms with Gasteiger partial charge in [-0.05, 0) is 12.8 Å². The molecule has 7 nitrogen and oxygen atoms in total. The van der Waals surface area contributed by atoms with Gasteiger partial charge in [0.1, 0.15) is 6.04 Å². The van der Waals surface area contributed by atoms with Crippen molar-refractivity contribution in [3.63, 3.8) is 0 Å². The van der Waals surface area contributed by atoms with E-state index in [1.54, 1.807) is 0 Å². The number of carboxylic acid groups (broad SMARTS) is 1. The minimum Gasteiger partial charge on any atom is -0.480 e. The average Bonchev–Trinajstić information content (AvgIpc) is 2.25. The molecular formula is C9H20N2O5. The van der Waals surface area contributed by atoms with E-state index in [0.29, 0.717) is 0 Å². The number of carbonyl (C=O) groups is 1. The molecule has 0 aromatic heterocycles. The topological polar surface area (TPSA) is 136 Å². The highest BCUT2D eigenvalue weighted by molar-refractivity contribution is 5.72. The van der Waals surface area contributed by atoms with Crippen molar-refractivity contribution in [3.8, 4) is 0 Å². The second-order valence-corrected chi connectivity index (χ2v) is 3.67. The molecule has 0 fully saturated rings. The number of carboxylic acids is 1. The molecule has 0 rings (SSSR count). The molecule has 0 aliphatic rings.